The zero-order valence-corrected chi connectivity index (χ0v) is 13.0. The van der Waals surface area contributed by atoms with E-state index in [1.54, 1.807) is 17.0 Å². The molecule has 2 atom stereocenters. The number of rotatable bonds is 5. The molecule has 1 N–H and O–H groups in total. The van der Waals surface area contributed by atoms with Crippen LogP contribution in [0.15, 0.2) is 30.3 Å². The van der Waals surface area contributed by atoms with E-state index in [1.165, 1.54) is 0 Å². The number of carbonyl (C=O) groups is 2. The maximum absolute atomic E-state index is 12.1. The highest BCUT2D eigenvalue weighted by Crippen LogP contribution is 2.11. The summed E-state index contributed by atoms with van der Waals surface area (Å²) in [6, 6.07) is 9.11. The Morgan fingerprint density at radius 2 is 2.05 bits per heavy atom. The second-order valence-electron chi connectivity index (χ2n) is 5.42. The molecule has 2 amide bonds. The van der Waals surface area contributed by atoms with E-state index in [2.05, 4.69) is 5.32 Å². The SMILES string of the molecule is CC1CN(C(=O)CNC(=O)COc2ccccc2)C(C)CO1. The third-order valence-corrected chi connectivity index (χ3v) is 3.48. The molecule has 120 valence electrons. The van der Waals surface area contributed by atoms with Crippen LogP contribution < -0.4 is 10.1 Å². The summed E-state index contributed by atoms with van der Waals surface area (Å²) in [4.78, 5) is 25.6. The Morgan fingerprint density at radius 1 is 1.32 bits per heavy atom. The van der Waals surface area contributed by atoms with Crippen molar-refractivity contribution in [2.75, 3.05) is 26.3 Å². The molecule has 0 saturated carbocycles. The van der Waals surface area contributed by atoms with Gasteiger partial charge < -0.3 is 19.7 Å². The van der Waals surface area contributed by atoms with Gasteiger partial charge in [-0.15, -0.1) is 0 Å². The summed E-state index contributed by atoms with van der Waals surface area (Å²) in [5.41, 5.74) is 0. The highest BCUT2D eigenvalue weighted by atomic mass is 16.5. The third kappa shape index (κ3) is 4.73. The fraction of sp³-hybridized carbons (Fsp3) is 0.500. The highest BCUT2D eigenvalue weighted by molar-refractivity contribution is 5.85. The first-order valence-corrected chi connectivity index (χ1v) is 7.42. The molecule has 6 nitrogen and oxygen atoms in total. The van der Waals surface area contributed by atoms with Crippen LogP contribution in [0.5, 0.6) is 5.75 Å². The van der Waals surface area contributed by atoms with E-state index in [1.807, 2.05) is 32.0 Å². The van der Waals surface area contributed by atoms with Crippen LogP contribution in [-0.2, 0) is 14.3 Å². The van der Waals surface area contributed by atoms with Gasteiger partial charge in [0.25, 0.3) is 5.91 Å². The van der Waals surface area contributed by atoms with Gasteiger partial charge in [0, 0.05) is 6.54 Å². The monoisotopic (exact) mass is 306 g/mol. The van der Waals surface area contributed by atoms with Gasteiger partial charge in [-0.25, -0.2) is 0 Å². The molecule has 1 aromatic carbocycles. The van der Waals surface area contributed by atoms with Gasteiger partial charge in [-0.1, -0.05) is 18.2 Å². The normalized spacial score (nSPS) is 21.3. The second-order valence-corrected chi connectivity index (χ2v) is 5.42. The van der Waals surface area contributed by atoms with Gasteiger partial charge in [0.15, 0.2) is 6.61 Å². The lowest BCUT2D eigenvalue weighted by Crippen LogP contribution is -2.53. The van der Waals surface area contributed by atoms with Crippen LogP contribution >= 0.6 is 0 Å². The van der Waals surface area contributed by atoms with E-state index in [-0.39, 0.29) is 37.1 Å². The number of amides is 2. The summed E-state index contributed by atoms with van der Waals surface area (Å²) < 4.78 is 10.8. The summed E-state index contributed by atoms with van der Waals surface area (Å²) in [6.45, 7) is 4.82. The Balaban J connectivity index is 1.72. The van der Waals surface area contributed by atoms with Crippen LogP contribution in [0, 0.1) is 0 Å². The first-order chi connectivity index (χ1) is 10.6. The molecule has 0 aliphatic carbocycles. The number of ether oxygens (including phenoxy) is 2. The molecule has 6 heteroatoms. The lowest BCUT2D eigenvalue weighted by molar-refractivity contribution is -0.143. The molecular formula is C16H22N2O4. The van der Waals surface area contributed by atoms with Gasteiger partial charge in [-0.3, -0.25) is 9.59 Å². The quantitative estimate of drug-likeness (QED) is 0.874. The first-order valence-electron chi connectivity index (χ1n) is 7.42. The molecule has 1 aliphatic heterocycles. The fourth-order valence-electron chi connectivity index (χ4n) is 2.24. The average Bonchev–Trinajstić information content (AvgIpc) is 2.54. The van der Waals surface area contributed by atoms with Crippen LogP contribution in [0.1, 0.15) is 13.8 Å². The van der Waals surface area contributed by atoms with Gasteiger partial charge >= 0.3 is 0 Å². The highest BCUT2D eigenvalue weighted by Gasteiger charge is 2.27. The maximum Gasteiger partial charge on any atom is 0.258 e. The van der Waals surface area contributed by atoms with Crippen molar-refractivity contribution < 1.29 is 19.1 Å². The molecule has 1 fully saturated rings. The Kier molecular flexibility index (Phi) is 5.77. The van der Waals surface area contributed by atoms with Crippen LogP contribution in [0.25, 0.3) is 0 Å². The summed E-state index contributed by atoms with van der Waals surface area (Å²) in [7, 11) is 0. The smallest absolute Gasteiger partial charge is 0.258 e. The van der Waals surface area contributed by atoms with Crippen molar-refractivity contribution in [3.63, 3.8) is 0 Å². The van der Waals surface area contributed by atoms with Crippen LogP contribution in [0.4, 0.5) is 0 Å². The number of nitrogens with zero attached hydrogens (tertiary/aromatic N) is 1. The zero-order chi connectivity index (χ0) is 15.9. The molecule has 1 aromatic rings. The number of nitrogens with one attached hydrogen (secondary N) is 1. The van der Waals surface area contributed by atoms with Gasteiger partial charge in [-0.2, -0.15) is 0 Å². The zero-order valence-electron chi connectivity index (χ0n) is 13.0. The number of morpholine rings is 1. The maximum atomic E-state index is 12.1. The third-order valence-electron chi connectivity index (χ3n) is 3.48. The summed E-state index contributed by atoms with van der Waals surface area (Å²) >= 11 is 0. The molecule has 0 radical (unpaired) electrons. The van der Waals surface area contributed by atoms with Crippen LogP contribution in [0.3, 0.4) is 0 Å². The molecule has 2 unspecified atom stereocenters. The van der Waals surface area contributed by atoms with E-state index >= 15 is 0 Å². The summed E-state index contributed by atoms with van der Waals surface area (Å²) in [5, 5.41) is 2.59. The number of hydrogen-bond donors (Lipinski definition) is 1. The van der Waals surface area contributed by atoms with Crippen molar-refractivity contribution in [2.24, 2.45) is 0 Å². The number of carbonyl (C=O) groups excluding carboxylic acids is 2. The van der Waals surface area contributed by atoms with Crippen molar-refractivity contribution in [1.29, 1.82) is 0 Å². The Bertz CT molecular complexity index is 506. The standard InChI is InChI=1S/C16H22N2O4/c1-12-10-21-13(2)9-18(12)16(20)8-17-15(19)11-22-14-6-4-3-5-7-14/h3-7,12-13H,8-11H2,1-2H3,(H,17,19). The average molecular weight is 306 g/mol. The van der Waals surface area contributed by atoms with E-state index in [0.29, 0.717) is 18.9 Å². The summed E-state index contributed by atoms with van der Waals surface area (Å²) in [6.07, 6.45) is 0.0252. The molecule has 1 aliphatic rings. The van der Waals surface area contributed by atoms with E-state index < -0.39 is 0 Å². The molecular weight excluding hydrogens is 284 g/mol. The predicted octanol–water partition coefficient (Wildman–Crippen LogP) is 0.817. The van der Waals surface area contributed by atoms with Gasteiger partial charge in [-0.05, 0) is 26.0 Å². The number of hydrogen-bond acceptors (Lipinski definition) is 4. The lowest BCUT2D eigenvalue weighted by Gasteiger charge is -2.36. The molecule has 0 spiro atoms. The molecule has 0 aromatic heterocycles. The van der Waals surface area contributed by atoms with E-state index in [9.17, 15) is 9.59 Å². The predicted molar refractivity (Wildman–Crippen MR) is 81.5 cm³/mol. The fourth-order valence-corrected chi connectivity index (χ4v) is 2.24. The van der Waals surface area contributed by atoms with Crippen molar-refractivity contribution in [2.45, 2.75) is 26.0 Å². The molecule has 0 bridgehead atoms. The topological polar surface area (TPSA) is 67.9 Å². The van der Waals surface area contributed by atoms with Crippen molar-refractivity contribution >= 4 is 11.8 Å². The van der Waals surface area contributed by atoms with Gasteiger partial charge in [0.05, 0.1) is 25.3 Å². The Labute approximate surface area is 130 Å². The molecule has 1 heterocycles. The molecule has 2 rings (SSSR count). The van der Waals surface area contributed by atoms with E-state index in [4.69, 9.17) is 9.47 Å². The molecule has 1 saturated heterocycles. The minimum absolute atomic E-state index is 0.0198. The summed E-state index contributed by atoms with van der Waals surface area (Å²) in [5.74, 6) is 0.210. The molecule has 22 heavy (non-hydrogen) atoms. The minimum Gasteiger partial charge on any atom is -0.484 e. The largest absolute Gasteiger partial charge is 0.484 e. The van der Waals surface area contributed by atoms with Crippen LogP contribution in [-0.4, -0.2) is 55.2 Å². The van der Waals surface area contributed by atoms with Crippen molar-refractivity contribution in [1.82, 2.24) is 10.2 Å². The Morgan fingerprint density at radius 3 is 2.77 bits per heavy atom. The number of benzene rings is 1. The van der Waals surface area contributed by atoms with Crippen molar-refractivity contribution in [3.8, 4) is 5.75 Å². The van der Waals surface area contributed by atoms with Gasteiger partial charge in [0.2, 0.25) is 5.91 Å². The first kappa shape index (κ1) is 16.3. The minimum atomic E-state index is -0.314. The number of para-hydroxylation sites is 1. The van der Waals surface area contributed by atoms with E-state index in [0.717, 1.165) is 0 Å². The van der Waals surface area contributed by atoms with Crippen LogP contribution in [0.2, 0.25) is 0 Å². The lowest BCUT2D eigenvalue weighted by atomic mass is 10.2. The Hall–Kier alpha value is -2.08. The second kappa shape index (κ2) is 7.79. The van der Waals surface area contributed by atoms with Gasteiger partial charge in [0.1, 0.15) is 5.75 Å². The van der Waals surface area contributed by atoms with Crippen molar-refractivity contribution in [3.05, 3.63) is 30.3 Å².